The van der Waals surface area contributed by atoms with Crippen molar-refractivity contribution in [1.29, 1.82) is 0 Å². The molecule has 0 aliphatic carbocycles. The van der Waals surface area contributed by atoms with Crippen LogP contribution in [0.4, 0.5) is 0 Å². The van der Waals surface area contributed by atoms with Gasteiger partial charge in [0.1, 0.15) is 11.2 Å². The van der Waals surface area contributed by atoms with Gasteiger partial charge in [-0.05, 0) is 82.9 Å². The van der Waals surface area contributed by atoms with Gasteiger partial charge in [0, 0.05) is 32.9 Å². The summed E-state index contributed by atoms with van der Waals surface area (Å²) in [6, 6.07) is 65.3. The Balaban J connectivity index is 1.20. The summed E-state index contributed by atoms with van der Waals surface area (Å²) in [5.74, 6) is 0. The van der Waals surface area contributed by atoms with Crippen LogP contribution >= 0.6 is 0 Å². The zero-order valence-electron chi connectivity index (χ0n) is 27.6. The Bertz CT molecular complexity index is 3110. The number of hydrogen-bond donors (Lipinski definition) is 0. The third kappa shape index (κ3) is 4.12. The van der Waals surface area contributed by atoms with E-state index in [2.05, 4.69) is 191 Å². The smallest absolute Gasteiger partial charge is 0.145 e. The zero-order valence-corrected chi connectivity index (χ0v) is 27.6. The predicted octanol–water partition coefficient (Wildman–Crippen LogP) is 13.1. The molecular formula is C48H30N2O. The summed E-state index contributed by atoms with van der Waals surface area (Å²) in [4.78, 5) is 0. The highest BCUT2D eigenvalue weighted by molar-refractivity contribution is 6.30. The second-order valence-corrected chi connectivity index (χ2v) is 13.3. The first kappa shape index (κ1) is 28.0. The van der Waals surface area contributed by atoms with E-state index in [4.69, 9.17) is 4.42 Å². The molecule has 0 bridgehead atoms. The summed E-state index contributed by atoms with van der Waals surface area (Å²) < 4.78 is 11.8. The van der Waals surface area contributed by atoms with Crippen LogP contribution in [-0.2, 0) is 0 Å². The molecular weight excluding hydrogens is 621 g/mol. The van der Waals surface area contributed by atoms with Gasteiger partial charge >= 0.3 is 0 Å². The maximum Gasteiger partial charge on any atom is 0.145 e. The Morgan fingerprint density at radius 3 is 1.71 bits per heavy atom. The largest absolute Gasteiger partial charge is 0.455 e. The maximum absolute atomic E-state index is 6.96. The highest BCUT2D eigenvalue weighted by Crippen LogP contribution is 2.45. The maximum atomic E-state index is 6.96. The van der Waals surface area contributed by atoms with Gasteiger partial charge in [0.05, 0.1) is 32.8 Å². The van der Waals surface area contributed by atoms with Gasteiger partial charge in [0.15, 0.2) is 0 Å². The van der Waals surface area contributed by atoms with Crippen molar-refractivity contribution in [2.75, 3.05) is 0 Å². The number of nitrogens with zero attached hydrogens (tertiary/aromatic N) is 2. The molecule has 0 atom stereocenters. The van der Waals surface area contributed by atoms with Crippen LogP contribution in [0.2, 0.25) is 0 Å². The number of fused-ring (bicyclic) bond motifs is 11. The van der Waals surface area contributed by atoms with Crippen LogP contribution in [0, 0.1) is 0 Å². The summed E-state index contributed by atoms with van der Waals surface area (Å²) in [7, 11) is 0. The van der Waals surface area contributed by atoms with Gasteiger partial charge in [0.2, 0.25) is 0 Å². The molecule has 0 unspecified atom stereocenters. The third-order valence-corrected chi connectivity index (χ3v) is 10.5. The van der Waals surface area contributed by atoms with Gasteiger partial charge in [0.25, 0.3) is 0 Å². The molecule has 3 heterocycles. The van der Waals surface area contributed by atoms with Crippen LogP contribution < -0.4 is 0 Å². The highest BCUT2D eigenvalue weighted by Gasteiger charge is 2.23. The minimum atomic E-state index is 0.886. The van der Waals surface area contributed by atoms with Gasteiger partial charge in [-0.1, -0.05) is 121 Å². The monoisotopic (exact) mass is 650 g/mol. The number of hydrogen-bond acceptors (Lipinski definition) is 1. The SMILES string of the molecule is c1ccc(-c2ccc(-n3c4ccccc4c4c5oc6ccc7c8ccccc8n(-c8cccc(-c9ccccc9)c8)c7c6c5ccc43)cc2)cc1. The number of benzene rings is 8. The second-order valence-electron chi connectivity index (χ2n) is 13.3. The fourth-order valence-electron chi connectivity index (χ4n) is 8.26. The predicted molar refractivity (Wildman–Crippen MR) is 213 cm³/mol. The van der Waals surface area contributed by atoms with Crippen LogP contribution in [0.15, 0.2) is 186 Å². The van der Waals surface area contributed by atoms with E-state index in [1.54, 1.807) is 0 Å². The quantitative estimate of drug-likeness (QED) is 0.186. The van der Waals surface area contributed by atoms with Crippen molar-refractivity contribution in [2.24, 2.45) is 0 Å². The lowest BCUT2D eigenvalue weighted by atomic mass is 10.0. The molecule has 11 rings (SSSR count). The normalized spacial score (nSPS) is 11.9. The molecule has 238 valence electrons. The lowest BCUT2D eigenvalue weighted by molar-refractivity contribution is 0.673. The molecule has 0 spiro atoms. The molecule has 0 aliphatic heterocycles. The van der Waals surface area contributed by atoms with Gasteiger partial charge in [-0.25, -0.2) is 0 Å². The molecule has 0 amide bonds. The summed E-state index contributed by atoms with van der Waals surface area (Å²) in [6.45, 7) is 0. The Hall–Kier alpha value is -6.84. The molecule has 0 radical (unpaired) electrons. The van der Waals surface area contributed by atoms with E-state index >= 15 is 0 Å². The molecule has 0 N–H and O–H groups in total. The lowest BCUT2D eigenvalue weighted by Crippen LogP contribution is -1.95. The van der Waals surface area contributed by atoms with Gasteiger partial charge in [-0.3, -0.25) is 0 Å². The minimum Gasteiger partial charge on any atom is -0.455 e. The van der Waals surface area contributed by atoms with E-state index in [-0.39, 0.29) is 0 Å². The average Bonchev–Trinajstić information content (AvgIpc) is 3.86. The Morgan fingerprint density at radius 1 is 0.333 bits per heavy atom. The van der Waals surface area contributed by atoms with Crippen molar-refractivity contribution < 1.29 is 4.42 Å². The van der Waals surface area contributed by atoms with E-state index in [9.17, 15) is 0 Å². The molecule has 0 aliphatic rings. The van der Waals surface area contributed by atoms with E-state index < -0.39 is 0 Å². The van der Waals surface area contributed by atoms with Gasteiger partial charge in [-0.15, -0.1) is 0 Å². The third-order valence-electron chi connectivity index (χ3n) is 10.5. The number of furan rings is 1. The Labute approximate surface area is 293 Å². The molecule has 3 aromatic heterocycles. The first-order chi connectivity index (χ1) is 25.3. The van der Waals surface area contributed by atoms with E-state index in [1.165, 1.54) is 43.9 Å². The van der Waals surface area contributed by atoms with Gasteiger partial charge in [-0.2, -0.15) is 0 Å². The van der Waals surface area contributed by atoms with E-state index in [1.807, 2.05) is 0 Å². The molecule has 0 saturated carbocycles. The first-order valence-corrected chi connectivity index (χ1v) is 17.4. The van der Waals surface area contributed by atoms with Crippen molar-refractivity contribution in [3.05, 3.63) is 182 Å². The lowest BCUT2D eigenvalue weighted by Gasteiger charge is -2.11. The molecule has 8 aromatic carbocycles. The fourth-order valence-corrected chi connectivity index (χ4v) is 8.26. The van der Waals surface area contributed by atoms with Crippen LogP contribution in [0.5, 0.6) is 0 Å². The summed E-state index contributed by atoms with van der Waals surface area (Å²) >= 11 is 0. The van der Waals surface area contributed by atoms with Crippen LogP contribution in [0.1, 0.15) is 0 Å². The second kappa shape index (κ2) is 10.8. The zero-order chi connectivity index (χ0) is 33.5. The molecule has 51 heavy (non-hydrogen) atoms. The molecule has 3 nitrogen and oxygen atoms in total. The summed E-state index contributed by atoms with van der Waals surface area (Å²) in [5.41, 5.74) is 13.5. The van der Waals surface area contributed by atoms with Crippen molar-refractivity contribution in [3.63, 3.8) is 0 Å². The molecule has 0 saturated heterocycles. The Morgan fingerprint density at radius 2 is 0.941 bits per heavy atom. The van der Waals surface area contributed by atoms with Crippen molar-refractivity contribution >= 4 is 65.6 Å². The van der Waals surface area contributed by atoms with Crippen LogP contribution in [-0.4, -0.2) is 9.13 Å². The Kier molecular flexibility index (Phi) is 5.96. The van der Waals surface area contributed by atoms with Crippen LogP contribution in [0.3, 0.4) is 0 Å². The van der Waals surface area contributed by atoms with Crippen molar-refractivity contribution in [3.8, 4) is 33.6 Å². The molecule has 11 aromatic rings. The number of rotatable bonds is 4. The standard InChI is InChI=1S/C48H30N2O/c1-3-12-31(13-4-1)33-22-24-35(25-23-33)49-42-21-10-8-19-39(42)45-43(49)28-26-40-46-44(51-48(40)45)29-27-38-37-18-7-9-20-41(37)50(47(38)46)36-17-11-16-34(30-36)32-14-5-2-6-15-32/h1-30H. The highest BCUT2D eigenvalue weighted by atomic mass is 16.3. The minimum absolute atomic E-state index is 0.886. The van der Waals surface area contributed by atoms with Gasteiger partial charge < -0.3 is 13.6 Å². The topological polar surface area (TPSA) is 23.0 Å². The summed E-state index contributed by atoms with van der Waals surface area (Å²) in [5, 5.41) is 7.01. The summed E-state index contributed by atoms with van der Waals surface area (Å²) in [6.07, 6.45) is 0. The first-order valence-electron chi connectivity index (χ1n) is 17.4. The van der Waals surface area contributed by atoms with Crippen LogP contribution in [0.25, 0.3) is 99.2 Å². The van der Waals surface area contributed by atoms with E-state index in [0.717, 1.165) is 55.2 Å². The average molecular weight is 651 g/mol. The number of aromatic nitrogens is 2. The van der Waals surface area contributed by atoms with Crippen molar-refractivity contribution in [2.45, 2.75) is 0 Å². The van der Waals surface area contributed by atoms with E-state index in [0.29, 0.717) is 0 Å². The van der Waals surface area contributed by atoms with Crippen molar-refractivity contribution in [1.82, 2.24) is 9.13 Å². The fraction of sp³-hybridized carbons (Fsp3) is 0. The number of para-hydroxylation sites is 2. The molecule has 3 heteroatoms. The molecule has 0 fully saturated rings.